The molecule has 0 unspecified atom stereocenters. The van der Waals surface area contributed by atoms with Crippen molar-refractivity contribution in [2.24, 2.45) is 0 Å². The number of phenolic OH excluding ortho intramolecular Hbond substituents is 1. The maximum atomic E-state index is 12.4. The van der Waals surface area contributed by atoms with Crippen LogP contribution in [-0.2, 0) is 0 Å². The molecule has 0 aromatic heterocycles. The smallest absolute Gasteiger partial charge is 0.123 e. The summed E-state index contributed by atoms with van der Waals surface area (Å²) in [5.74, 6) is 1.20. The maximum absolute atomic E-state index is 12.4. The van der Waals surface area contributed by atoms with Crippen LogP contribution < -0.4 is 0 Å². The molecule has 0 amide bonds. The van der Waals surface area contributed by atoms with E-state index < -0.39 is 0 Å². The highest BCUT2D eigenvalue weighted by atomic mass is 19.1. The molecule has 0 atom stereocenters. The fourth-order valence-corrected chi connectivity index (χ4v) is 1.71. The van der Waals surface area contributed by atoms with E-state index in [1.807, 2.05) is 24.3 Å². The highest BCUT2D eigenvalue weighted by molar-refractivity contribution is 5.27. The monoisotopic (exact) mass is 274 g/mol. The van der Waals surface area contributed by atoms with E-state index in [-0.39, 0.29) is 5.82 Å². The zero-order valence-corrected chi connectivity index (χ0v) is 12.6. The van der Waals surface area contributed by atoms with Crippen molar-refractivity contribution in [2.75, 3.05) is 0 Å². The first kappa shape index (κ1) is 16.2. The molecule has 0 saturated heterocycles. The molecule has 0 fully saturated rings. The Labute approximate surface area is 121 Å². The van der Waals surface area contributed by atoms with E-state index in [0.29, 0.717) is 17.6 Å². The van der Waals surface area contributed by atoms with Crippen LogP contribution in [0.5, 0.6) is 5.75 Å². The lowest BCUT2D eigenvalue weighted by molar-refractivity contribution is 0.475. The van der Waals surface area contributed by atoms with Gasteiger partial charge in [-0.2, -0.15) is 0 Å². The highest BCUT2D eigenvalue weighted by Gasteiger charge is 1.97. The van der Waals surface area contributed by atoms with Crippen LogP contribution in [0, 0.1) is 5.82 Å². The lowest BCUT2D eigenvalue weighted by Gasteiger charge is -2.03. The Hall–Kier alpha value is -1.83. The Morgan fingerprint density at radius 1 is 0.700 bits per heavy atom. The second kappa shape index (κ2) is 7.68. The molecule has 1 nitrogen and oxygen atoms in total. The topological polar surface area (TPSA) is 20.2 Å². The van der Waals surface area contributed by atoms with Crippen molar-refractivity contribution in [3.8, 4) is 5.75 Å². The van der Waals surface area contributed by atoms with Crippen LogP contribution in [0.1, 0.15) is 50.7 Å². The van der Waals surface area contributed by atoms with Gasteiger partial charge in [0.05, 0.1) is 0 Å². The van der Waals surface area contributed by atoms with Crippen LogP contribution in [0.15, 0.2) is 48.5 Å². The minimum Gasteiger partial charge on any atom is -0.508 e. The number of halogens is 1. The molecular formula is C18H23FO. The fourth-order valence-electron chi connectivity index (χ4n) is 1.71. The maximum Gasteiger partial charge on any atom is 0.123 e. The summed E-state index contributed by atoms with van der Waals surface area (Å²) in [4.78, 5) is 0. The third-order valence-electron chi connectivity index (χ3n) is 3.10. The molecule has 1 N–H and O–H groups in total. The summed E-state index contributed by atoms with van der Waals surface area (Å²) in [6, 6.07) is 14.0. The minimum absolute atomic E-state index is 0.163. The van der Waals surface area contributed by atoms with Gasteiger partial charge in [0.15, 0.2) is 0 Å². The summed E-state index contributed by atoms with van der Waals surface area (Å²) in [7, 11) is 0. The molecule has 0 radical (unpaired) electrons. The van der Waals surface area contributed by atoms with Gasteiger partial charge in [0.1, 0.15) is 11.6 Å². The van der Waals surface area contributed by atoms with Crippen LogP contribution in [-0.4, -0.2) is 5.11 Å². The van der Waals surface area contributed by atoms with Crippen LogP contribution in [0.4, 0.5) is 4.39 Å². The second-order valence-corrected chi connectivity index (χ2v) is 5.45. The van der Waals surface area contributed by atoms with E-state index in [2.05, 4.69) is 27.7 Å². The fraction of sp³-hybridized carbons (Fsp3) is 0.333. The van der Waals surface area contributed by atoms with Gasteiger partial charge >= 0.3 is 0 Å². The summed E-state index contributed by atoms with van der Waals surface area (Å²) in [6.07, 6.45) is 0. The predicted octanol–water partition coefficient (Wildman–Crippen LogP) is 5.46. The van der Waals surface area contributed by atoms with E-state index in [1.54, 1.807) is 12.1 Å². The first-order chi connectivity index (χ1) is 9.40. The first-order valence-corrected chi connectivity index (χ1v) is 6.94. The van der Waals surface area contributed by atoms with E-state index in [1.165, 1.54) is 23.3 Å². The Balaban J connectivity index is 0.000000200. The molecule has 0 aliphatic heterocycles. The number of benzene rings is 2. The second-order valence-electron chi connectivity index (χ2n) is 5.45. The van der Waals surface area contributed by atoms with Crippen LogP contribution in [0.2, 0.25) is 0 Å². The molecular weight excluding hydrogens is 251 g/mol. The van der Waals surface area contributed by atoms with Crippen LogP contribution >= 0.6 is 0 Å². The zero-order valence-electron chi connectivity index (χ0n) is 12.6. The molecule has 20 heavy (non-hydrogen) atoms. The number of hydrogen-bond donors (Lipinski definition) is 1. The van der Waals surface area contributed by atoms with Gasteiger partial charge in [0.2, 0.25) is 0 Å². The van der Waals surface area contributed by atoms with Crippen LogP contribution in [0.3, 0.4) is 0 Å². The van der Waals surface area contributed by atoms with Crippen molar-refractivity contribution in [2.45, 2.75) is 39.5 Å². The van der Waals surface area contributed by atoms with Crippen molar-refractivity contribution >= 4 is 0 Å². The molecule has 2 aromatic rings. The summed E-state index contributed by atoms with van der Waals surface area (Å²) in [5.41, 5.74) is 2.44. The Bertz CT molecular complexity index is 448. The largest absolute Gasteiger partial charge is 0.508 e. The number of phenols is 1. The van der Waals surface area contributed by atoms with Crippen molar-refractivity contribution in [1.29, 1.82) is 0 Å². The lowest BCUT2D eigenvalue weighted by Crippen LogP contribution is -1.85. The molecule has 0 heterocycles. The minimum atomic E-state index is -0.163. The molecule has 108 valence electrons. The summed E-state index contributed by atoms with van der Waals surface area (Å²) in [5, 5.41) is 8.94. The van der Waals surface area contributed by atoms with Gasteiger partial charge in [0.25, 0.3) is 0 Å². The van der Waals surface area contributed by atoms with E-state index in [0.717, 1.165) is 0 Å². The Kier molecular flexibility index (Phi) is 6.23. The molecule has 0 aliphatic rings. The van der Waals surface area contributed by atoms with Gasteiger partial charge in [-0.3, -0.25) is 0 Å². The molecule has 0 saturated carbocycles. The van der Waals surface area contributed by atoms with E-state index in [9.17, 15) is 4.39 Å². The van der Waals surface area contributed by atoms with Crippen molar-refractivity contribution in [3.63, 3.8) is 0 Å². The van der Waals surface area contributed by atoms with Gasteiger partial charge in [-0.05, 0) is 47.2 Å². The van der Waals surface area contributed by atoms with Gasteiger partial charge in [-0.15, -0.1) is 0 Å². The predicted molar refractivity (Wildman–Crippen MR) is 82.7 cm³/mol. The quantitative estimate of drug-likeness (QED) is 0.770. The highest BCUT2D eigenvalue weighted by Crippen LogP contribution is 2.17. The summed E-state index contributed by atoms with van der Waals surface area (Å²) >= 11 is 0. The van der Waals surface area contributed by atoms with Crippen LogP contribution in [0.25, 0.3) is 0 Å². The van der Waals surface area contributed by atoms with Crippen molar-refractivity contribution in [1.82, 2.24) is 0 Å². The lowest BCUT2D eigenvalue weighted by atomic mass is 10.0. The summed E-state index contributed by atoms with van der Waals surface area (Å²) < 4.78 is 12.4. The van der Waals surface area contributed by atoms with Gasteiger partial charge in [-0.25, -0.2) is 4.39 Å². The van der Waals surface area contributed by atoms with E-state index in [4.69, 9.17) is 5.11 Å². The Morgan fingerprint density at radius 3 is 1.40 bits per heavy atom. The average Bonchev–Trinajstić information content (AvgIpc) is 2.40. The number of rotatable bonds is 2. The standard InChI is InChI=1S/C9H11F.C9H12O/c2*1-7(2)8-3-5-9(10)6-4-8/h3-7H,1-2H3;3-7,10H,1-2H3. The van der Waals surface area contributed by atoms with E-state index >= 15 is 0 Å². The SMILES string of the molecule is CC(C)c1ccc(F)cc1.CC(C)c1ccc(O)cc1. The van der Waals surface area contributed by atoms with Gasteiger partial charge in [-0.1, -0.05) is 52.0 Å². The third-order valence-corrected chi connectivity index (χ3v) is 3.10. The number of aromatic hydroxyl groups is 1. The van der Waals surface area contributed by atoms with Crippen molar-refractivity contribution < 1.29 is 9.50 Å². The molecule has 2 rings (SSSR count). The molecule has 2 heteroatoms. The van der Waals surface area contributed by atoms with Crippen molar-refractivity contribution in [3.05, 3.63) is 65.5 Å². The zero-order chi connectivity index (χ0) is 15.1. The molecule has 0 spiro atoms. The third kappa shape index (κ3) is 5.43. The summed E-state index contributed by atoms with van der Waals surface area (Å²) in [6.45, 7) is 8.44. The van der Waals surface area contributed by atoms with Gasteiger partial charge in [0, 0.05) is 0 Å². The van der Waals surface area contributed by atoms with Gasteiger partial charge < -0.3 is 5.11 Å². The molecule has 0 aliphatic carbocycles. The number of hydrogen-bond acceptors (Lipinski definition) is 1. The first-order valence-electron chi connectivity index (χ1n) is 6.94. The molecule has 0 bridgehead atoms. The normalized spacial score (nSPS) is 10.3. The molecule has 2 aromatic carbocycles. The Morgan fingerprint density at radius 2 is 1.05 bits per heavy atom. The average molecular weight is 274 g/mol.